The van der Waals surface area contributed by atoms with Gasteiger partial charge in [0, 0.05) is 16.7 Å². The number of carbonyl (C=O) groups is 3. The van der Waals surface area contributed by atoms with Crippen molar-refractivity contribution >= 4 is 18.2 Å². The Morgan fingerprint density at radius 2 is 2.19 bits per heavy atom. The molecule has 1 fully saturated rings. The Kier molecular flexibility index (Phi) is 6.28. The highest BCUT2D eigenvalue weighted by molar-refractivity contribution is 5.92. The third-order valence-electron chi connectivity index (χ3n) is 4.44. The van der Waals surface area contributed by atoms with E-state index in [9.17, 15) is 24.6 Å². The molecule has 26 heavy (non-hydrogen) atoms. The highest BCUT2D eigenvalue weighted by Crippen LogP contribution is 2.36. The highest BCUT2D eigenvalue weighted by Gasteiger charge is 2.48. The summed E-state index contributed by atoms with van der Waals surface area (Å²) in [4.78, 5) is 35.5. The van der Waals surface area contributed by atoms with E-state index in [2.05, 4.69) is 13.2 Å². The van der Waals surface area contributed by atoms with Crippen LogP contribution in [0.2, 0.25) is 0 Å². The summed E-state index contributed by atoms with van der Waals surface area (Å²) in [5.74, 6) is -2.36. The summed E-state index contributed by atoms with van der Waals surface area (Å²) in [6.45, 7) is 8.37. The van der Waals surface area contributed by atoms with Crippen LogP contribution in [-0.4, -0.2) is 53.4 Å². The molecular formula is C19H22O7. The first-order chi connectivity index (χ1) is 12.3. The summed E-state index contributed by atoms with van der Waals surface area (Å²) in [6.07, 6.45) is 0.770. The van der Waals surface area contributed by atoms with Crippen LogP contribution in [0.4, 0.5) is 0 Å². The fraction of sp³-hybridized carbons (Fsp3) is 0.421. The molecule has 0 aromatic heterocycles. The predicted molar refractivity (Wildman–Crippen MR) is 91.8 cm³/mol. The fourth-order valence-corrected chi connectivity index (χ4v) is 2.99. The molecule has 4 atom stereocenters. The Labute approximate surface area is 151 Å². The minimum Gasteiger partial charge on any atom is -0.455 e. The van der Waals surface area contributed by atoms with Gasteiger partial charge in [-0.05, 0) is 31.4 Å². The average molecular weight is 362 g/mol. The number of aliphatic hydroxyl groups is 2. The van der Waals surface area contributed by atoms with Crippen molar-refractivity contribution < 1.29 is 34.1 Å². The van der Waals surface area contributed by atoms with Crippen molar-refractivity contribution in [3.8, 4) is 0 Å². The first kappa shape index (κ1) is 19.8. The van der Waals surface area contributed by atoms with Crippen molar-refractivity contribution in [2.75, 3.05) is 6.61 Å². The Morgan fingerprint density at radius 1 is 1.50 bits per heavy atom. The predicted octanol–water partition coefficient (Wildman–Crippen LogP) is 0.771. The van der Waals surface area contributed by atoms with E-state index in [4.69, 9.17) is 9.47 Å². The first-order valence-corrected chi connectivity index (χ1v) is 8.20. The first-order valence-electron chi connectivity index (χ1n) is 8.20. The lowest BCUT2D eigenvalue weighted by molar-refractivity contribution is -0.153. The average Bonchev–Trinajstić information content (AvgIpc) is 2.88. The van der Waals surface area contributed by atoms with Gasteiger partial charge in [-0.3, -0.25) is 4.79 Å². The maximum absolute atomic E-state index is 12.0. The van der Waals surface area contributed by atoms with Crippen molar-refractivity contribution in [2.24, 2.45) is 5.92 Å². The van der Waals surface area contributed by atoms with Crippen LogP contribution in [-0.2, 0) is 23.9 Å². The van der Waals surface area contributed by atoms with Crippen molar-refractivity contribution in [3.63, 3.8) is 0 Å². The van der Waals surface area contributed by atoms with E-state index in [0.29, 0.717) is 24.7 Å². The van der Waals surface area contributed by atoms with Crippen molar-refractivity contribution in [2.45, 2.75) is 38.1 Å². The standard InChI is InChI=1S/C19H22O7/c1-10(2)18(23)26-17-15-11(3)19(24)25-14(15)7-12(8-20)5-4-6-13(9-21)16(17)22/h6-7,9,14-17,20,22H,1,3-5,8H2,2H3. The highest BCUT2D eigenvalue weighted by atomic mass is 16.6. The van der Waals surface area contributed by atoms with Crippen LogP contribution in [0.5, 0.6) is 0 Å². The Bertz CT molecular complexity index is 701. The van der Waals surface area contributed by atoms with Gasteiger partial charge < -0.3 is 19.7 Å². The monoisotopic (exact) mass is 362 g/mol. The van der Waals surface area contributed by atoms with Crippen molar-refractivity contribution in [1.29, 1.82) is 0 Å². The molecule has 1 aliphatic carbocycles. The summed E-state index contributed by atoms with van der Waals surface area (Å²) in [6, 6.07) is 0. The van der Waals surface area contributed by atoms with Crippen molar-refractivity contribution in [1.82, 2.24) is 0 Å². The van der Waals surface area contributed by atoms with Gasteiger partial charge >= 0.3 is 11.9 Å². The fourth-order valence-electron chi connectivity index (χ4n) is 2.99. The van der Waals surface area contributed by atoms with Crippen molar-refractivity contribution in [3.05, 3.63) is 47.6 Å². The zero-order valence-corrected chi connectivity index (χ0v) is 14.5. The second-order valence-electron chi connectivity index (χ2n) is 6.36. The molecule has 2 rings (SSSR count). The lowest BCUT2D eigenvalue weighted by atomic mass is 9.83. The molecule has 0 bridgehead atoms. The summed E-state index contributed by atoms with van der Waals surface area (Å²) in [5.41, 5.74) is 0.748. The Morgan fingerprint density at radius 3 is 2.77 bits per heavy atom. The largest absolute Gasteiger partial charge is 0.455 e. The van der Waals surface area contributed by atoms with Crippen LogP contribution in [0.15, 0.2) is 47.6 Å². The van der Waals surface area contributed by atoms with Gasteiger partial charge in [-0.25, -0.2) is 9.59 Å². The van der Waals surface area contributed by atoms with E-state index >= 15 is 0 Å². The lowest BCUT2D eigenvalue weighted by Gasteiger charge is -2.30. The topological polar surface area (TPSA) is 110 Å². The number of carbonyl (C=O) groups excluding carboxylic acids is 3. The smallest absolute Gasteiger partial charge is 0.334 e. The van der Waals surface area contributed by atoms with E-state index < -0.39 is 36.2 Å². The van der Waals surface area contributed by atoms with Crippen LogP contribution in [0, 0.1) is 5.92 Å². The number of hydrogen-bond acceptors (Lipinski definition) is 7. The molecule has 0 aromatic rings. The Hall–Kier alpha value is -2.51. The molecule has 0 amide bonds. The summed E-state index contributed by atoms with van der Waals surface area (Å²) in [7, 11) is 0. The maximum atomic E-state index is 12.0. The number of fused-ring (bicyclic) bond motifs is 1. The molecule has 0 radical (unpaired) electrons. The van der Waals surface area contributed by atoms with Gasteiger partial charge in [0.2, 0.25) is 0 Å². The van der Waals surface area contributed by atoms with E-state index in [0.717, 1.165) is 0 Å². The van der Waals surface area contributed by atoms with Gasteiger partial charge in [0.15, 0.2) is 0 Å². The molecule has 1 aliphatic heterocycles. The number of esters is 2. The summed E-state index contributed by atoms with van der Waals surface area (Å²) < 4.78 is 10.6. The molecule has 0 aromatic carbocycles. The molecule has 2 aliphatic rings. The number of allylic oxidation sites excluding steroid dienone is 1. The number of rotatable bonds is 4. The van der Waals surface area contributed by atoms with Crippen LogP contribution < -0.4 is 0 Å². The molecule has 1 saturated heterocycles. The molecule has 7 nitrogen and oxygen atoms in total. The van der Waals surface area contributed by atoms with Gasteiger partial charge in [-0.15, -0.1) is 0 Å². The van der Waals surface area contributed by atoms with Crippen LogP contribution in [0.3, 0.4) is 0 Å². The summed E-state index contributed by atoms with van der Waals surface area (Å²) in [5, 5.41) is 20.2. The van der Waals surface area contributed by atoms with Gasteiger partial charge in [0.1, 0.15) is 24.6 Å². The third-order valence-corrected chi connectivity index (χ3v) is 4.44. The zero-order valence-electron chi connectivity index (χ0n) is 14.5. The van der Waals surface area contributed by atoms with Gasteiger partial charge in [-0.1, -0.05) is 19.2 Å². The van der Waals surface area contributed by atoms with Gasteiger partial charge in [0.25, 0.3) is 0 Å². The van der Waals surface area contributed by atoms with Gasteiger partial charge in [0.05, 0.1) is 12.5 Å². The molecule has 2 N–H and O–H groups in total. The van der Waals surface area contributed by atoms with E-state index in [-0.39, 0.29) is 23.3 Å². The number of aliphatic hydroxyl groups excluding tert-OH is 2. The van der Waals surface area contributed by atoms with Crippen LogP contribution in [0.25, 0.3) is 0 Å². The van der Waals surface area contributed by atoms with E-state index in [1.807, 2.05) is 0 Å². The quantitative estimate of drug-likeness (QED) is 0.329. The molecule has 0 saturated carbocycles. The molecule has 7 heteroatoms. The van der Waals surface area contributed by atoms with E-state index in [1.165, 1.54) is 13.0 Å². The molecule has 4 unspecified atom stereocenters. The second-order valence-corrected chi connectivity index (χ2v) is 6.36. The second kappa shape index (κ2) is 8.25. The molecule has 140 valence electrons. The number of ether oxygens (including phenoxy) is 2. The lowest BCUT2D eigenvalue weighted by Crippen LogP contribution is -2.43. The SMILES string of the molecule is C=C(C)C(=O)OC1C(O)C(C=O)=CCCC(CO)=CC2OC(=O)C(=C)C21. The zero-order chi connectivity index (χ0) is 19.4. The van der Waals surface area contributed by atoms with Crippen LogP contribution >= 0.6 is 0 Å². The van der Waals surface area contributed by atoms with Gasteiger partial charge in [-0.2, -0.15) is 0 Å². The van der Waals surface area contributed by atoms with E-state index in [1.54, 1.807) is 6.08 Å². The number of hydrogen-bond donors (Lipinski definition) is 2. The minimum atomic E-state index is -1.46. The third kappa shape index (κ3) is 4.00. The molecule has 0 spiro atoms. The number of aldehydes is 1. The molecule has 1 heterocycles. The minimum absolute atomic E-state index is 0.0212. The summed E-state index contributed by atoms with van der Waals surface area (Å²) >= 11 is 0. The molecular weight excluding hydrogens is 340 g/mol. The maximum Gasteiger partial charge on any atom is 0.334 e. The normalized spacial score (nSPS) is 29.0. The van der Waals surface area contributed by atoms with Crippen LogP contribution in [0.1, 0.15) is 19.8 Å². The Balaban J connectivity index is 2.54.